The number of hydrogen-bond acceptors (Lipinski definition) is 6. The Balaban J connectivity index is 1.61. The number of esters is 1. The molecular weight excluding hydrogens is 432 g/mol. The summed E-state index contributed by atoms with van der Waals surface area (Å²) in [4.78, 5) is 25.4. The van der Waals surface area contributed by atoms with Crippen LogP contribution in [-0.2, 0) is 33.8 Å². The van der Waals surface area contributed by atoms with Crippen molar-refractivity contribution in [2.24, 2.45) is 0 Å². The van der Waals surface area contributed by atoms with Gasteiger partial charge in [0.2, 0.25) is 5.91 Å². The second-order valence-electron chi connectivity index (χ2n) is 7.99. The highest BCUT2D eigenvalue weighted by atomic mass is 16.5. The van der Waals surface area contributed by atoms with E-state index >= 15 is 0 Å². The molecule has 0 bridgehead atoms. The van der Waals surface area contributed by atoms with E-state index in [1.54, 1.807) is 24.3 Å². The Morgan fingerprint density at radius 2 is 1.44 bits per heavy atom. The third-order valence-electron chi connectivity index (χ3n) is 5.36. The molecule has 0 heterocycles. The zero-order valence-electron chi connectivity index (χ0n) is 18.9. The van der Waals surface area contributed by atoms with Crippen LogP contribution in [0, 0.1) is 0 Å². The van der Waals surface area contributed by atoms with Crippen LogP contribution < -0.4 is 10.6 Å². The van der Waals surface area contributed by atoms with Crippen molar-refractivity contribution in [1.82, 2.24) is 10.6 Å². The fourth-order valence-electron chi connectivity index (χ4n) is 3.51. The Morgan fingerprint density at radius 3 is 2.09 bits per heavy atom. The molecule has 0 spiro atoms. The van der Waals surface area contributed by atoms with Crippen LogP contribution in [0.25, 0.3) is 0 Å². The number of phenols is 1. The molecule has 4 N–H and O–H groups in total. The summed E-state index contributed by atoms with van der Waals surface area (Å²) in [5, 5.41) is 25.6. The monoisotopic (exact) mass is 462 g/mol. The lowest BCUT2D eigenvalue weighted by Crippen LogP contribution is -2.51. The SMILES string of the molecule is O=C(CN[C@@H](Cc1ccccc1)C(=O)N[C@H](CO)Cc1ccccc1O)OCc1ccccc1. The van der Waals surface area contributed by atoms with Gasteiger partial charge in [-0.15, -0.1) is 0 Å². The number of para-hydroxylation sites is 1. The van der Waals surface area contributed by atoms with E-state index in [-0.39, 0.29) is 37.8 Å². The van der Waals surface area contributed by atoms with Crippen LogP contribution in [0.3, 0.4) is 0 Å². The predicted octanol–water partition coefficient (Wildman–Crippen LogP) is 2.36. The second kappa shape index (κ2) is 13.1. The van der Waals surface area contributed by atoms with Gasteiger partial charge in [-0.3, -0.25) is 14.9 Å². The molecule has 0 radical (unpaired) electrons. The summed E-state index contributed by atoms with van der Waals surface area (Å²) in [6.45, 7) is -0.275. The zero-order chi connectivity index (χ0) is 24.2. The van der Waals surface area contributed by atoms with Gasteiger partial charge in [0.25, 0.3) is 0 Å². The molecular formula is C27H30N2O5. The van der Waals surface area contributed by atoms with Crippen LogP contribution in [0.5, 0.6) is 5.75 Å². The van der Waals surface area contributed by atoms with E-state index in [2.05, 4.69) is 10.6 Å². The number of aromatic hydroxyl groups is 1. The van der Waals surface area contributed by atoms with Crippen molar-refractivity contribution in [1.29, 1.82) is 0 Å². The Morgan fingerprint density at radius 1 is 0.824 bits per heavy atom. The van der Waals surface area contributed by atoms with Gasteiger partial charge in [-0.2, -0.15) is 0 Å². The fraction of sp³-hybridized carbons (Fsp3) is 0.259. The molecule has 178 valence electrons. The van der Waals surface area contributed by atoms with Crippen molar-refractivity contribution in [3.05, 3.63) is 102 Å². The molecule has 2 atom stereocenters. The highest BCUT2D eigenvalue weighted by Gasteiger charge is 2.23. The molecule has 3 aromatic carbocycles. The standard InChI is InChI=1S/C27H30N2O5/c30-18-23(16-22-13-7-8-14-25(22)31)29-27(33)24(15-20-9-3-1-4-10-20)28-17-26(32)34-19-21-11-5-2-6-12-21/h1-14,23-24,28,30-31H,15-19H2,(H,29,33)/t23-,24-/m0/s1. The summed E-state index contributed by atoms with van der Waals surface area (Å²) in [6, 6.07) is 24.3. The molecule has 3 rings (SSSR count). The molecule has 34 heavy (non-hydrogen) atoms. The molecule has 0 aliphatic rings. The first-order chi connectivity index (χ1) is 16.5. The number of nitrogens with one attached hydrogen (secondary N) is 2. The molecule has 0 unspecified atom stereocenters. The van der Waals surface area contributed by atoms with E-state index in [0.29, 0.717) is 12.0 Å². The predicted molar refractivity (Wildman–Crippen MR) is 129 cm³/mol. The molecule has 1 amide bonds. The lowest BCUT2D eigenvalue weighted by Gasteiger charge is -2.23. The maximum atomic E-state index is 13.1. The summed E-state index contributed by atoms with van der Waals surface area (Å²) >= 11 is 0. The molecule has 0 aliphatic heterocycles. The molecule has 0 fully saturated rings. The Labute approximate surface area is 199 Å². The van der Waals surface area contributed by atoms with Gasteiger partial charge in [0, 0.05) is 0 Å². The smallest absolute Gasteiger partial charge is 0.320 e. The number of phenolic OH excluding ortho intramolecular Hbond substituents is 1. The van der Waals surface area contributed by atoms with Crippen molar-refractivity contribution < 1.29 is 24.5 Å². The largest absolute Gasteiger partial charge is 0.508 e. The van der Waals surface area contributed by atoms with Gasteiger partial charge in [0.1, 0.15) is 12.4 Å². The number of aliphatic hydroxyl groups excluding tert-OH is 1. The van der Waals surface area contributed by atoms with Gasteiger partial charge in [-0.1, -0.05) is 78.9 Å². The topological polar surface area (TPSA) is 108 Å². The quantitative estimate of drug-likeness (QED) is 0.308. The number of aliphatic hydroxyl groups is 1. The van der Waals surface area contributed by atoms with Crippen LogP contribution in [0.15, 0.2) is 84.9 Å². The number of ether oxygens (including phenoxy) is 1. The maximum absolute atomic E-state index is 13.1. The Hall–Kier alpha value is -3.68. The molecule has 0 aromatic heterocycles. The maximum Gasteiger partial charge on any atom is 0.320 e. The number of carbonyl (C=O) groups is 2. The summed E-state index contributed by atoms with van der Waals surface area (Å²) in [5.74, 6) is -0.716. The van der Waals surface area contributed by atoms with E-state index in [0.717, 1.165) is 11.1 Å². The molecule has 7 nitrogen and oxygen atoms in total. The highest BCUT2D eigenvalue weighted by molar-refractivity contribution is 5.83. The lowest BCUT2D eigenvalue weighted by molar-refractivity contribution is -0.144. The second-order valence-corrected chi connectivity index (χ2v) is 7.99. The first-order valence-corrected chi connectivity index (χ1v) is 11.2. The van der Waals surface area contributed by atoms with Gasteiger partial charge in [0.15, 0.2) is 0 Å². The van der Waals surface area contributed by atoms with E-state index in [1.807, 2.05) is 60.7 Å². The van der Waals surface area contributed by atoms with Gasteiger partial charge in [0.05, 0.1) is 25.2 Å². The van der Waals surface area contributed by atoms with Crippen LogP contribution in [0.2, 0.25) is 0 Å². The van der Waals surface area contributed by atoms with E-state index in [1.165, 1.54) is 0 Å². The van der Waals surface area contributed by atoms with Gasteiger partial charge in [-0.05, 0) is 35.6 Å². The third-order valence-corrected chi connectivity index (χ3v) is 5.36. The average Bonchev–Trinajstić information content (AvgIpc) is 2.87. The van der Waals surface area contributed by atoms with E-state index < -0.39 is 18.1 Å². The van der Waals surface area contributed by atoms with Gasteiger partial charge < -0.3 is 20.3 Å². The minimum Gasteiger partial charge on any atom is -0.508 e. The van der Waals surface area contributed by atoms with E-state index in [4.69, 9.17) is 4.74 Å². The van der Waals surface area contributed by atoms with E-state index in [9.17, 15) is 19.8 Å². The van der Waals surface area contributed by atoms with Crippen LogP contribution in [0.4, 0.5) is 0 Å². The first-order valence-electron chi connectivity index (χ1n) is 11.2. The number of benzene rings is 3. The fourth-order valence-corrected chi connectivity index (χ4v) is 3.51. The average molecular weight is 463 g/mol. The van der Waals surface area contributed by atoms with Crippen LogP contribution in [-0.4, -0.2) is 47.3 Å². The Bertz CT molecular complexity index is 1040. The van der Waals surface area contributed by atoms with Crippen molar-refractivity contribution in [2.45, 2.75) is 31.5 Å². The lowest BCUT2D eigenvalue weighted by atomic mass is 10.0. The van der Waals surface area contributed by atoms with Crippen molar-refractivity contribution >= 4 is 11.9 Å². The summed E-state index contributed by atoms with van der Waals surface area (Å²) in [7, 11) is 0. The molecule has 0 saturated carbocycles. The highest BCUT2D eigenvalue weighted by Crippen LogP contribution is 2.17. The number of amides is 1. The minimum absolute atomic E-state index is 0.107. The Kier molecular flexibility index (Phi) is 9.64. The van der Waals surface area contributed by atoms with Crippen LogP contribution in [0.1, 0.15) is 16.7 Å². The normalized spacial score (nSPS) is 12.5. The van der Waals surface area contributed by atoms with Crippen LogP contribution >= 0.6 is 0 Å². The van der Waals surface area contributed by atoms with Crippen molar-refractivity contribution in [2.75, 3.05) is 13.2 Å². The molecule has 3 aromatic rings. The van der Waals surface area contributed by atoms with Gasteiger partial charge >= 0.3 is 5.97 Å². The van der Waals surface area contributed by atoms with Gasteiger partial charge in [-0.25, -0.2) is 0 Å². The summed E-state index contributed by atoms with van der Waals surface area (Å²) in [6.07, 6.45) is 0.624. The number of carbonyl (C=O) groups excluding carboxylic acids is 2. The summed E-state index contributed by atoms with van der Waals surface area (Å²) < 4.78 is 5.30. The minimum atomic E-state index is -0.718. The molecule has 7 heteroatoms. The zero-order valence-corrected chi connectivity index (χ0v) is 18.9. The first kappa shape index (κ1) is 25.0. The van der Waals surface area contributed by atoms with Crippen molar-refractivity contribution in [3.8, 4) is 5.75 Å². The molecule has 0 saturated heterocycles. The molecule has 0 aliphatic carbocycles. The summed E-state index contributed by atoms with van der Waals surface area (Å²) in [5.41, 5.74) is 2.43. The third kappa shape index (κ3) is 8.03. The number of hydrogen-bond donors (Lipinski definition) is 4. The number of rotatable bonds is 12. The van der Waals surface area contributed by atoms with Crippen molar-refractivity contribution in [3.63, 3.8) is 0 Å².